The van der Waals surface area contributed by atoms with Crippen LogP contribution in [0, 0.1) is 5.82 Å². The van der Waals surface area contributed by atoms with Crippen molar-refractivity contribution in [2.24, 2.45) is 0 Å². The number of nitrogens with zero attached hydrogens (tertiary/aromatic N) is 1. The highest BCUT2D eigenvalue weighted by Gasteiger charge is 2.16. The zero-order valence-electron chi connectivity index (χ0n) is 14.3. The normalized spacial score (nSPS) is 11.1. The summed E-state index contributed by atoms with van der Waals surface area (Å²) in [6.07, 6.45) is 0. The van der Waals surface area contributed by atoms with Crippen molar-refractivity contribution in [2.75, 3.05) is 23.1 Å². The summed E-state index contributed by atoms with van der Waals surface area (Å²) in [5.41, 5.74) is 0.626. The molecule has 0 saturated carbocycles. The number of carbonyl (C=O) groups is 1. The maximum absolute atomic E-state index is 13.2. The van der Waals surface area contributed by atoms with Gasteiger partial charge < -0.3 is 10.2 Å². The molecule has 2 rings (SSSR count). The van der Waals surface area contributed by atoms with Gasteiger partial charge in [-0.15, -0.1) is 0 Å². The number of amides is 2. The molecule has 0 aliphatic heterocycles. The average Bonchev–Trinajstić information content (AvgIpc) is 2.59. The molecule has 2 aromatic rings. The van der Waals surface area contributed by atoms with Crippen LogP contribution in [0.5, 0.6) is 0 Å². The number of rotatable bonds is 6. The summed E-state index contributed by atoms with van der Waals surface area (Å²) in [5, 5.41) is 2.52. The molecule has 0 radical (unpaired) electrons. The summed E-state index contributed by atoms with van der Waals surface area (Å²) in [4.78, 5) is 13.6. The lowest BCUT2D eigenvalue weighted by Crippen LogP contribution is -2.34. The minimum absolute atomic E-state index is 0.00112. The summed E-state index contributed by atoms with van der Waals surface area (Å²) in [5.74, 6) is -0.636. The Morgan fingerprint density at radius 1 is 1.08 bits per heavy atom. The van der Waals surface area contributed by atoms with Gasteiger partial charge in [0.15, 0.2) is 0 Å². The Morgan fingerprint density at radius 2 is 1.65 bits per heavy atom. The lowest BCUT2D eigenvalue weighted by atomic mass is 10.3. The number of benzene rings is 2. The second-order valence-electron chi connectivity index (χ2n) is 5.36. The minimum atomic E-state index is -3.87. The van der Waals surface area contributed by atoms with E-state index in [1.54, 1.807) is 4.90 Å². The summed E-state index contributed by atoms with van der Waals surface area (Å²) < 4.78 is 40.3. The average molecular weight is 400 g/mol. The van der Waals surface area contributed by atoms with E-state index in [0.717, 1.165) is 6.07 Å². The van der Waals surface area contributed by atoms with Gasteiger partial charge >= 0.3 is 6.03 Å². The highest BCUT2D eigenvalue weighted by Crippen LogP contribution is 2.23. The number of halogens is 2. The fraction of sp³-hybridized carbons (Fsp3) is 0.235. The van der Waals surface area contributed by atoms with Crippen molar-refractivity contribution >= 4 is 39.0 Å². The molecule has 0 bridgehead atoms. The van der Waals surface area contributed by atoms with Crippen molar-refractivity contribution in [1.82, 2.24) is 4.90 Å². The SMILES string of the molecule is CCN(CC)C(=O)Nc1ccc(S(=O)(=O)Nc2ccc(F)c(Cl)c2)cc1. The zero-order valence-corrected chi connectivity index (χ0v) is 15.9. The highest BCUT2D eigenvalue weighted by atomic mass is 35.5. The Balaban J connectivity index is 2.13. The van der Waals surface area contributed by atoms with Crippen LogP contribution in [0.25, 0.3) is 0 Å². The van der Waals surface area contributed by atoms with Gasteiger partial charge in [0.1, 0.15) is 5.82 Å². The smallest absolute Gasteiger partial charge is 0.321 e. The molecular formula is C17H19ClFN3O3S. The van der Waals surface area contributed by atoms with Crippen molar-refractivity contribution < 1.29 is 17.6 Å². The number of hydrogen-bond donors (Lipinski definition) is 2. The maximum Gasteiger partial charge on any atom is 0.321 e. The summed E-state index contributed by atoms with van der Waals surface area (Å²) in [6, 6.07) is 9.00. The Hall–Kier alpha value is -2.32. The van der Waals surface area contributed by atoms with Gasteiger partial charge in [0.25, 0.3) is 10.0 Å². The molecule has 0 unspecified atom stereocenters. The third-order valence-electron chi connectivity index (χ3n) is 3.64. The molecule has 0 spiro atoms. The largest absolute Gasteiger partial charge is 0.325 e. The van der Waals surface area contributed by atoms with Gasteiger partial charge in [-0.05, 0) is 56.3 Å². The molecule has 0 saturated heterocycles. The quantitative estimate of drug-likeness (QED) is 0.765. The van der Waals surface area contributed by atoms with E-state index in [1.807, 2.05) is 13.8 Å². The van der Waals surface area contributed by atoms with E-state index in [-0.39, 0.29) is 21.6 Å². The number of urea groups is 1. The van der Waals surface area contributed by atoms with E-state index in [0.29, 0.717) is 18.8 Å². The first-order valence-corrected chi connectivity index (χ1v) is 9.76. The molecule has 0 atom stereocenters. The van der Waals surface area contributed by atoms with Gasteiger partial charge in [-0.3, -0.25) is 4.72 Å². The molecule has 26 heavy (non-hydrogen) atoms. The lowest BCUT2D eigenvalue weighted by molar-refractivity contribution is 0.217. The van der Waals surface area contributed by atoms with E-state index < -0.39 is 15.8 Å². The van der Waals surface area contributed by atoms with Crippen molar-refractivity contribution in [1.29, 1.82) is 0 Å². The molecular weight excluding hydrogens is 381 g/mol. The molecule has 140 valence electrons. The molecule has 2 N–H and O–H groups in total. The first kappa shape index (κ1) is 20.0. The number of hydrogen-bond acceptors (Lipinski definition) is 3. The van der Waals surface area contributed by atoms with Crippen molar-refractivity contribution in [3.05, 3.63) is 53.3 Å². The first-order valence-electron chi connectivity index (χ1n) is 7.90. The van der Waals surface area contributed by atoms with Crippen molar-refractivity contribution in [3.63, 3.8) is 0 Å². The Bertz CT molecular complexity index is 885. The third-order valence-corrected chi connectivity index (χ3v) is 5.33. The van der Waals surface area contributed by atoms with Crippen molar-refractivity contribution in [3.8, 4) is 0 Å². The Labute approximate surface area is 157 Å². The van der Waals surface area contributed by atoms with Crippen LogP contribution in [-0.2, 0) is 10.0 Å². The van der Waals surface area contributed by atoms with E-state index in [2.05, 4.69) is 10.0 Å². The molecule has 0 heterocycles. The van der Waals surface area contributed by atoms with Gasteiger partial charge in [-0.1, -0.05) is 11.6 Å². The minimum Gasteiger partial charge on any atom is -0.325 e. The van der Waals surface area contributed by atoms with Crippen LogP contribution in [0.15, 0.2) is 47.4 Å². The molecule has 6 nitrogen and oxygen atoms in total. The van der Waals surface area contributed by atoms with E-state index in [4.69, 9.17) is 11.6 Å². The standard InChI is InChI=1S/C17H19ClFN3O3S/c1-3-22(4-2)17(23)20-12-5-8-14(9-6-12)26(24,25)21-13-7-10-16(19)15(18)11-13/h5-11,21H,3-4H2,1-2H3,(H,20,23). The van der Waals surface area contributed by atoms with E-state index in [1.165, 1.54) is 36.4 Å². The van der Waals surface area contributed by atoms with Gasteiger partial charge in [0, 0.05) is 18.8 Å². The number of sulfonamides is 1. The second-order valence-corrected chi connectivity index (χ2v) is 7.45. The molecule has 0 aromatic heterocycles. The third kappa shape index (κ3) is 4.86. The topological polar surface area (TPSA) is 78.5 Å². The van der Waals surface area contributed by atoms with Crippen LogP contribution in [0.2, 0.25) is 5.02 Å². The molecule has 0 aliphatic rings. The molecule has 9 heteroatoms. The fourth-order valence-electron chi connectivity index (χ4n) is 2.20. The Morgan fingerprint density at radius 3 is 2.19 bits per heavy atom. The van der Waals surface area contributed by atoms with Gasteiger partial charge in [0.2, 0.25) is 0 Å². The van der Waals surface area contributed by atoms with Crippen LogP contribution >= 0.6 is 11.6 Å². The summed E-state index contributed by atoms with van der Waals surface area (Å²) in [7, 11) is -3.87. The molecule has 0 fully saturated rings. The molecule has 2 aromatic carbocycles. The molecule has 2 amide bonds. The number of carbonyl (C=O) groups excluding carboxylic acids is 1. The van der Waals surface area contributed by atoms with Crippen LogP contribution in [0.1, 0.15) is 13.8 Å². The fourth-order valence-corrected chi connectivity index (χ4v) is 3.43. The Kier molecular flexibility index (Phi) is 6.44. The van der Waals surface area contributed by atoms with Crippen LogP contribution in [0.4, 0.5) is 20.6 Å². The maximum atomic E-state index is 13.2. The van der Waals surface area contributed by atoms with Crippen LogP contribution in [-0.4, -0.2) is 32.4 Å². The monoisotopic (exact) mass is 399 g/mol. The van der Waals surface area contributed by atoms with Crippen LogP contribution in [0.3, 0.4) is 0 Å². The van der Waals surface area contributed by atoms with E-state index >= 15 is 0 Å². The summed E-state index contributed by atoms with van der Waals surface area (Å²) >= 11 is 5.65. The number of anilines is 2. The zero-order chi connectivity index (χ0) is 19.3. The van der Waals surface area contributed by atoms with Crippen molar-refractivity contribution in [2.45, 2.75) is 18.7 Å². The van der Waals surface area contributed by atoms with Gasteiger partial charge in [-0.2, -0.15) is 0 Å². The molecule has 0 aliphatic carbocycles. The van der Waals surface area contributed by atoms with Gasteiger partial charge in [0.05, 0.1) is 15.6 Å². The summed E-state index contributed by atoms with van der Waals surface area (Å²) in [6.45, 7) is 4.87. The highest BCUT2D eigenvalue weighted by molar-refractivity contribution is 7.92. The first-order chi connectivity index (χ1) is 12.3. The van der Waals surface area contributed by atoms with Gasteiger partial charge in [-0.25, -0.2) is 17.6 Å². The second kappa shape index (κ2) is 8.37. The lowest BCUT2D eigenvalue weighted by Gasteiger charge is -2.19. The predicted molar refractivity (Wildman–Crippen MR) is 101 cm³/mol. The van der Waals surface area contributed by atoms with E-state index in [9.17, 15) is 17.6 Å². The predicted octanol–water partition coefficient (Wildman–Crippen LogP) is 4.15. The number of nitrogens with one attached hydrogen (secondary N) is 2. The van der Waals surface area contributed by atoms with Crippen LogP contribution < -0.4 is 10.0 Å².